The number of esters is 1. The van der Waals surface area contributed by atoms with Gasteiger partial charge in [0.1, 0.15) is 11.9 Å². The van der Waals surface area contributed by atoms with E-state index >= 15 is 0 Å². The van der Waals surface area contributed by atoms with Crippen LogP contribution >= 0.6 is 0 Å². The molecule has 1 aliphatic heterocycles. The normalized spacial score (nSPS) is 23.4. The van der Waals surface area contributed by atoms with Gasteiger partial charge in [-0.1, -0.05) is 48.9 Å². The van der Waals surface area contributed by atoms with Crippen LogP contribution in [0, 0.1) is 0 Å². The molecule has 2 unspecified atom stereocenters. The molecule has 0 radical (unpaired) electrons. The number of rotatable bonds is 4. The van der Waals surface area contributed by atoms with Crippen molar-refractivity contribution in [2.75, 3.05) is 0 Å². The molecule has 1 heterocycles. The molecule has 2 N–H and O–H groups in total. The highest BCUT2D eigenvalue weighted by Gasteiger charge is 2.41. The number of aromatic hydroxyl groups is 1. The number of nitrogens with one attached hydrogen (secondary N) is 1. The van der Waals surface area contributed by atoms with E-state index in [-0.39, 0.29) is 29.5 Å². The number of allylic oxidation sites excluding steroid dienone is 3. The summed E-state index contributed by atoms with van der Waals surface area (Å²) < 4.78 is 5.96. The Morgan fingerprint density at radius 3 is 2.35 bits per heavy atom. The summed E-state index contributed by atoms with van der Waals surface area (Å²) in [6, 6.07) is 16.9. The molecule has 2 aliphatic carbocycles. The van der Waals surface area contributed by atoms with E-state index in [9.17, 15) is 14.7 Å². The molecule has 2 atom stereocenters. The van der Waals surface area contributed by atoms with Crippen molar-refractivity contribution < 1.29 is 19.4 Å². The first kappa shape index (κ1) is 22.5. The largest absolute Gasteiger partial charge is 0.508 e. The maximum atomic E-state index is 13.6. The molecule has 5 heteroatoms. The van der Waals surface area contributed by atoms with Crippen LogP contribution in [0.1, 0.15) is 74.8 Å². The van der Waals surface area contributed by atoms with Gasteiger partial charge in [-0.2, -0.15) is 0 Å². The molecule has 3 aliphatic rings. The predicted molar refractivity (Wildman–Crippen MR) is 130 cm³/mol. The Labute approximate surface area is 200 Å². The monoisotopic (exact) mass is 457 g/mol. The van der Waals surface area contributed by atoms with Gasteiger partial charge < -0.3 is 15.2 Å². The third-order valence-corrected chi connectivity index (χ3v) is 7.37. The van der Waals surface area contributed by atoms with Gasteiger partial charge in [0.05, 0.1) is 5.57 Å². The average Bonchev–Trinajstić information content (AvgIpc) is 2.84. The van der Waals surface area contributed by atoms with E-state index in [1.54, 1.807) is 24.3 Å². The minimum absolute atomic E-state index is 0.0520. The van der Waals surface area contributed by atoms with Crippen molar-refractivity contribution in [2.24, 2.45) is 0 Å². The number of hydrogen-bond acceptors (Lipinski definition) is 5. The van der Waals surface area contributed by atoms with Crippen molar-refractivity contribution in [3.05, 3.63) is 88.3 Å². The van der Waals surface area contributed by atoms with E-state index in [0.29, 0.717) is 24.0 Å². The summed E-state index contributed by atoms with van der Waals surface area (Å²) in [5.41, 5.74) is 4.73. The molecule has 5 nitrogen and oxygen atoms in total. The fourth-order valence-corrected chi connectivity index (χ4v) is 5.67. The molecule has 5 rings (SSSR count). The van der Waals surface area contributed by atoms with Crippen LogP contribution < -0.4 is 5.32 Å². The number of hydrogen-bond donors (Lipinski definition) is 2. The standard InChI is InChI=1S/C29H31NO4/c1-18-26(29(33)34-23-10-6-3-7-11-23)27(20-12-14-22(31)15-13-20)28-24(30-18)16-21(17-25(28)32)19-8-4-2-5-9-19/h2,4-5,8-9,12-15,21,23,27,30-31H,3,6-7,10-11,16-17H2,1H3. The van der Waals surface area contributed by atoms with Gasteiger partial charge in [0.25, 0.3) is 0 Å². The lowest BCUT2D eigenvalue weighted by Gasteiger charge is -2.37. The van der Waals surface area contributed by atoms with E-state index in [2.05, 4.69) is 17.4 Å². The van der Waals surface area contributed by atoms with Gasteiger partial charge in [-0.25, -0.2) is 4.79 Å². The lowest BCUT2D eigenvalue weighted by Crippen LogP contribution is -2.37. The molecule has 2 aromatic carbocycles. The molecule has 0 bridgehead atoms. The quantitative estimate of drug-likeness (QED) is 0.582. The summed E-state index contributed by atoms with van der Waals surface area (Å²) in [5.74, 6) is -0.546. The first-order chi connectivity index (χ1) is 16.5. The number of phenols is 1. The molecule has 0 aromatic heterocycles. The van der Waals surface area contributed by atoms with Gasteiger partial charge in [-0.05, 0) is 68.2 Å². The molecular weight excluding hydrogens is 426 g/mol. The van der Waals surface area contributed by atoms with Gasteiger partial charge >= 0.3 is 5.97 Å². The van der Waals surface area contributed by atoms with Crippen LogP contribution in [-0.4, -0.2) is 23.0 Å². The molecular formula is C29H31NO4. The van der Waals surface area contributed by atoms with E-state index in [1.165, 1.54) is 6.42 Å². The number of dihydropyridines is 1. The number of ketones is 1. The zero-order chi connectivity index (χ0) is 23.7. The van der Waals surface area contributed by atoms with Crippen molar-refractivity contribution in [1.82, 2.24) is 5.32 Å². The maximum Gasteiger partial charge on any atom is 0.337 e. The van der Waals surface area contributed by atoms with Crippen LogP contribution in [0.15, 0.2) is 77.1 Å². The third-order valence-electron chi connectivity index (χ3n) is 7.37. The highest BCUT2D eigenvalue weighted by molar-refractivity contribution is 6.04. The second kappa shape index (κ2) is 9.49. The molecule has 0 saturated heterocycles. The van der Waals surface area contributed by atoms with E-state index in [1.807, 2.05) is 25.1 Å². The SMILES string of the molecule is CC1=C(C(=O)OC2CCCCC2)C(c2ccc(O)cc2)C2=C(CC(c3ccccc3)CC2=O)N1. The number of carbonyl (C=O) groups is 2. The summed E-state index contributed by atoms with van der Waals surface area (Å²) in [6.45, 7) is 1.89. The maximum absolute atomic E-state index is 13.6. The number of carbonyl (C=O) groups excluding carboxylic acids is 2. The Hall–Kier alpha value is -3.34. The van der Waals surface area contributed by atoms with Crippen LogP contribution in [0.25, 0.3) is 0 Å². The van der Waals surface area contributed by atoms with Gasteiger partial charge in [0, 0.05) is 29.3 Å². The second-order valence-electron chi connectivity index (χ2n) is 9.68. The molecule has 2 aromatic rings. The van der Waals surface area contributed by atoms with E-state index < -0.39 is 5.92 Å². The average molecular weight is 458 g/mol. The summed E-state index contributed by atoms with van der Waals surface area (Å²) in [4.78, 5) is 27.1. The minimum Gasteiger partial charge on any atom is -0.508 e. The van der Waals surface area contributed by atoms with Crippen LogP contribution in [0.2, 0.25) is 0 Å². The lowest BCUT2D eigenvalue weighted by molar-refractivity contribution is -0.146. The Morgan fingerprint density at radius 1 is 0.941 bits per heavy atom. The predicted octanol–water partition coefficient (Wildman–Crippen LogP) is 5.63. The molecule has 176 valence electrons. The zero-order valence-corrected chi connectivity index (χ0v) is 19.5. The minimum atomic E-state index is -0.503. The van der Waals surface area contributed by atoms with E-state index in [4.69, 9.17) is 4.74 Å². The lowest BCUT2D eigenvalue weighted by atomic mass is 9.71. The number of benzene rings is 2. The summed E-state index contributed by atoms with van der Waals surface area (Å²) in [6.07, 6.45) is 6.16. The van der Waals surface area contributed by atoms with Crippen molar-refractivity contribution >= 4 is 11.8 Å². The summed E-state index contributed by atoms with van der Waals surface area (Å²) in [7, 11) is 0. The molecule has 0 amide bonds. The van der Waals surface area contributed by atoms with Crippen molar-refractivity contribution in [3.8, 4) is 5.75 Å². The molecule has 0 spiro atoms. The highest BCUT2D eigenvalue weighted by Crippen LogP contribution is 2.46. The molecule has 34 heavy (non-hydrogen) atoms. The van der Waals surface area contributed by atoms with Crippen molar-refractivity contribution in [2.45, 2.75) is 69.8 Å². The van der Waals surface area contributed by atoms with E-state index in [0.717, 1.165) is 48.2 Å². The van der Waals surface area contributed by atoms with Gasteiger partial charge in [0.2, 0.25) is 0 Å². The summed E-state index contributed by atoms with van der Waals surface area (Å²) in [5, 5.41) is 13.3. The van der Waals surface area contributed by atoms with Crippen LogP contribution in [0.3, 0.4) is 0 Å². The smallest absolute Gasteiger partial charge is 0.337 e. The first-order valence-electron chi connectivity index (χ1n) is 12.3. The number of phenolic OH excluding ortho intramolecular Hbond substituents is 1. The topological polar surface area (TPSA) is 75.6 Å². The molecule has 1 fully saturated rings. The van der Waals surface area contributed by atoms with Gasteiger partial charge in [-0.15, -0.1) is 0 Å². The second-order valence-corrected chi connectivity index (χ2v) is 9.68. The molecule has 1 saturated carbocycles. The van der Waals surface area contributed by atoms with Gasteiger partial charge in [0.15, 0.2) is 5.78 Å². The highest BCUT2D eigenvalue weighted by atomic mass is 16.5. The van der Waals surface area contributed by atoms with Crippen LogP contribution in [-0.2, 0) is 14.3 Å². The summed E-state index contributed by atoms with van der Waals surface area (Å²) >= 11 is 0. The van der Waals surface area contributed by atoms with Crippen molar-refractivity contribution in [1.29, 1.82) is 0 Å². The first-order valence-corrected chi connectivity index (χ1v) is 12.3. The Bertz CT molecular complexity index is 1140. The third kappa shape index (κ3) is 4.39. The zero-order valence-electron chi connectivity index (χ0n) is 19.5. The number of ether oxygens (including phenoxy) is 1. The number of Topliss-reactive ketones (excluding diaryl/α,β-unsaturated/α-hetero) is 1. The Kier molecular flexibility index (Phi) is 6.27. The van der Waals surface area contributed by atoms with Crippen molar-refractivity contribution in [3.63, 3.8) is 0 Å². The van der Waals surface area contributed by atoms with Gasteiger partial charge in [-0.3, -0.25) is 4.79 Å². The Balaban J connectivity index is 1.52. The fourth-order valence-electron chi connectivity index (χ4n) is 5.67. The van der Waals surface area contributed by atoms with Crippen LogP contribution in [0.5, 0.6) is 5.75 Å². The Morgan fingerprint density at radius 2 is 1.65 bits per heavy atom. The fraction of sp³-hybridized carbons (Fsp3) is 0.379. The van der Waals surface area contributed by atoms with Crippen LogP contribution in [0.4, 0.5) is 0 Å².